The van der Waals surface area contributed by atoms with Crippen molar-refractivity contribution in [2.24, 2.45) is 5.92 Å². The lowest BCUT2D eigenvalue weighted by Gasteiger charge is -2.57. The molecule has 0 spiro atoms. The van der Waals surface area contributed by atoms with Crippen molar-refractivity contribution in [3.8, 4) is 11.5 Å². The molecule has 3 rings (SSSR count). The summed E-state index contributed by atoms with van der Waals surface area (Å²) in [5.41, 5.74) is 0.701. The second kappa shape index (κ2) is 4.77. The molecule has 0 aromatic heterocycles. The first-order valence-corrected chi connectivity index (χ1v) is 7.76. The third-order valence-corrected chi connectivity index (χ3v) is 5.02. The largest absolute Gasteiger partial charge is 0.497 e. The number of hydrogen-bond acceptors (Lipinski definition) is 3. The summed E-state index contributed by atoms with van der Waals surface area (Å²) in [6.07, 6.45) is 0. The van der Waals surface area contributed by atoms with Crippen molar-refractivity contribution >= 4 is 17.3 Å². The van der Waals surface area contributed by atoms with E-state index in [0.717, 1.165) is 22.2 Å². The first-order chi connectivity index (χ1) is 9.88. The average molecular weight is 306 g/mol. The molecular formula is C16H22N2O2S. The van der Waals surface area contributed by atoms with Crippen LogP contribution in [0.2, 0.25) is 0 Å². The van der Waals surface area contributed by atoms with E-state index >= 15 is 0 Å². The van der Waals surface area contributed by atoms with E-state index in [2.05, 4.69) is 44.0 Å². The fourth-order valence-corrected chi connectivity index (χ4v) is 4.02. The predicted molar refractivity (Wildman–Crippen MR) is 86.6 cm³/mol. The highest BCUT2D eigenvalue weighted by atomic mass is 32.1. The molecule has 0 amide bonds. The van der Waals surface area contributed by atoms with E-state index in [4.69, 9.17) is 21.7 Å². The van der Waals surface area contributed by atoms with E-state index in [0.29, 0.717) is 0 Å². The highest BCUT2D eigenvalue weighted by Gasteiger charge is 2.53. The second-order valence-electron chi connectivity index (χ2n) is 6.24. The average Bonchev–Trinajstić information content (AvgIpc) is 2.41. The van der Waals surface area contributed by atoms with Crippen LogP contribution in [0.4, 0.5) is 0 Å². The minimum absolute atomic E-state index is 0.173. The van der Waals surface area contributed by atoms with Gasteiger partial charge in [-0.3, -0.25) is 0 Å². The maximum Gasteiger partial charge on any atom is 0.187 e. The molecule has 3 unspecified atom stereocenters. The lowest BCUT2D eigenvalue weighted by molar-refractivity contribution is -0.121. The Morgan fingerprint density at radius 3 is 2.76 bits per heavy atom. The molecular weight excluding hydrogens is 284 g/mol. The van der Waals surface area contributed by atoms with Crippen LogP contribution < -0.4 is 14.8 Å². The molecule has 1 aromatic rings. The van der Waals surface area contributed by atoms with Gasteiger partial charge in [-0.15, -0.1) is 0 Å². The van der Waals surface area contributed by atoms with E-state index < -0.39 is 5.72 Å². The van der Waals surface area contributed by atoms with Gasteiger partial charge in [-0.05, 0) is 45.1 Å². The van der Waals surface area contributed by atoms with Gasteiger partial charge >= 0.3 is 0 Å². The minimum Gasteiger partial charge on any atom is -0.497 e. The third-order valence-electron chi connectivity index (χ3n) is 4.71. The molecule has 0 radical (unpaired) electrons. The lowest BCUT2D eigenvalue weighted by atomic mass is 9.80. The van der Waals surface area contributed by atoms with Crippen LogP contribution in [0.25, 0.3) is 0 Å². The van der Waals surface area contributed by atoms with Gasteiger partial charge in [0, 0.05) is 23.6 Å². The Bertz CT molecular complexity index is 590. The quantitative estimate of drug-likeness (QED) is 0.849. The van der Waals surface area contributed by atoms with Gasteiger partial charge in [-0.2, -0.15) is 0 Å². The van der Waals surface area contributed by atoms with Crippen molar-refractivity contribution in [2.45, 2.75) is 45.5 Å². The summed E-state index contributed by atoms with van der Waals surface area (Å²) in [4.78, 5) is 2.16. The summed E-state index contributed by atoms with van der Waals surface area (Å²) in [5.74, 6) is 1.97. The normalized spacial score (nSPS) is 30.6. The van der Waals surface area contributed by atoms with Gasteiger partial charge in [0.05, 0.1) is 13.2 Å². The number of ether oxygens (including phenoxy) is 2. The summed E-state index contributed by atoms with van der Waals surface area (Å²) in [5, 5.41) is 4.25. The topological polar surface area (TPSA) is 33.7 Å². The zero-order valence-corrected chi connectivity index (χ0v) is 14.0. The molecule has 5 heteroatoms. The van der Waals surface area contributed by atoms with Crippen molar-refractivity contribution in [1.82, 2.24) is 10.2 Å². The standard InChI is InChI=1S/C16H22N2O2S/c1-9(2)18-15(21)17-14-10(3)16(18,4)20-13-8-11(19-5)6-7-12(13)14/h6-10,14H,1-5H3,(H,17,21). The summed E-state index contributed by atoms with van der Waals surface area (Å²) in [6, 6.07) is 6.44. The molecule has 0 aliphatic carbocycles. The Morgan fingerprint density at radius 2 is 2.14 bits per heavy atom. The maximum absolute atomic E-state index is 6.41. The fourth-order valence-electron chi connectivity index (χ4n) is 3.50. The van der Waals surface area contributed by atoms with Crippen molar-refractivity contribution in [3.05, 3.63) is 23.8 Å². The van der Waals surface area contributed by atoms with Crippen LogP contribution in [0.5, 0.6) is 11.5 Å². The number of hydrogen-bond donors (Lipinski definition) is 1. The van der Waals surface area contributed by atoms with Gasteiger partial charge in [0.15, 0.2) is 10.8 Å². The van der Waals surface area contributed by atoms with Crippen molar-refractivity contribution in [1.29, 1.82) is 0 Å². The first kappa shape index (κ1) is 14.4. The molecule has 2 aliphatic rings. The summed E-state index contributed by atoms with van der Waals surface area (Å²) < 4.78 is 11.7. The highest BCUT2D eigenvalue weighted by molar-refractivity contribution is 7.80. The van der Waals surface area contributed by atoms with E-state index in [1.54, 1.807) is 7.11 Å². The van der Waals surface area contributed by atoms with Gasteiger partial charge in [0.1, 0.15) is 11.5 Å². The molecule has 21 heavy (non-hydrogen) atoms. The van der Waals surface area contributed by atoms with Crippen LogP contribution in [-0.2, 0) is 0 Å². The van der Waals surface area contributed by atoms with E-state index in [1.165, 1.54) is 0 Å². The summed E-state index contributed by atoms with van der Waals surface area (Å²) >= 11 is 5.57. The van der Waals surface area contributed by atoms with E-state index in [9.17, 15) is 0 Å². The molecule has 1 fully saturated rings. The molecule has 2 bridgehead atoms. The number of nitrogens with one attached hydrogen (secondary N) is 1. The molecule has 2 heterocycles. The van der Waals surface area contributed by atoms with Crippen LogP contribution in [0.3, 0.4) is 0 Å². The SMILES string of the molecule is COc1ccc2c(c1)OC1(C)C(C)C2NC(=S)N1C(C)C. The van der Waals surface area contributed by atoms with Gasteiger partial charge < -0.3 is 19.7 Å². The Hall–Kier alpha value is -1.49. The Kier molecular flexibility index (Phi) is 3.28. The monoisotopic (exact) mass is 306 g/mol. The lowest BCUT2D eigenvalue weighted by Crippen LogP contribution is -2.70. The third kappa shape index (κ3) is 1.98. The summed E-state index contributed by atoms with van der Waals surface area (Å²) in [7, 11) is 1.67. The first-order valence-electron chi connectivity index (χ1n) is 7.35. The number of methoxy groups -OCH3 is 1. The molecule has 1 aromatic carbocycles. The van der Waals surface area contributed by atoms with Crippen LogP contribution in [0, 0.1) is 5.92 Å². The van der Waals surface area contributed by atoms with Crippen LogP contribution in [0.1, 0.15) is 39.3 Å². The van der Waals surface area contributed by atoms with E-state index in [1.807, 2.05) is 12.1 Å². The Balaban J connectivity index is 2.12. The van der Waals surface area contributed by atoms with Crippen molar-refractivity contribution < 1.29 is 9.47 Å². The molecule has 1 saturated heterocycles. The second-order valence-corrected chi connectivity index (χ2v) is 6.63. The highest BCUT2D eigenvalue weighted by Crippen LogP contribution is 2.49. The Morgan fingerprint density at radius 1 is 1.43 bits per heavy atom. The van der Waals surface area contributed by atoms with Gasteiger partial charge in [0.25, 0.3) is 0 Å². The van der Waals surface area contributed by atoms with Gasteiger partial charge in [-0.25, -0.2) is 0 Å². The number of nitrogens with zero attached hydrogens (tertiary/aromatic N) is 1. The minimum atomic E-state index is -0.444. The van der Waals surface area contributed by atoms with Crippen LogP contribution in [0.15, 0.2) is 18.2 Å². The summed E-state index contributed by atoms with van der Waals surface area (Å²) in [6.45, 7) is 8.61. The molecule has 1 N–H and O–H groups in total. The zero-order chi connectivity index (χ0) is 15.4. The van der Waals surface area contributed by atoms with Crippen molar-refractivity contribution in [3.63, 3.8) is 0 Å². The van der Waals surface area contributed by atoms with Crippen LogP contribution in [-0.4, -0.2) is 28.9 Å². The number of thiocarbonyl (C=S) groups is 1. The van der Waals surface area contributed by atoms with Crippen molar-refractivity contribution in [2.75, 3.05) is 7.11 Å². The number of rotatable bonds is 2. The number of fused-ring (bicyclic) bond motifs is 4. The smallest absolute Gasteiger partial charge is 0.187 e. The Labute approximate surface area is 131 Å². The maximum atomic E-state index is 6.41. The van der Waals surface area contributed by atoms with E-state index in [-0.39, 0.29) is 18.0 Å². The molecule has 3 atom stereocenters. The predicted octanol–water partition coefficient (Wildman–Crippen LogP) is 3.08. The molecule has 2 aliphatic heterocycles. The molecule has 114 valence electrons. The number of benzene rings is 1. The molecule has 4 nitrogen and oxygen atoms in total. The molecule has 0 saturated carbocycles. The van der Waals surface area contributed by atoms with Crippen LogP contribution >= 0.6 is 12.2 Å². The zero-order valence-electron chi connectivity index (χ0n) is 13.1. The van der Waals surface area contributed by atoms with Gasteiger partial charge in [-0.1, -0.05) is 6.92 Å². The van der Waals surface area contributed by atoms with Gasteiger partial charge in [0.2, 0.25) is 0 Å². The fraction of sp³-hybridized carbons (Fsp3) is 0.562.